The summed E-state index contributed by atoms with van der Waals surface area (Å²) >= 11 is 0. The van der Waals surface area contributed by atoms with Gasteiger partial charge < -0.3 is 32.9 Å². The molecular formula is O7Si2W. The molecule has 0 saturated heterocycles. The summed E-state index contributed by atoms with van der Waals surface area (Å²) in [5, 5.41) is 0. The first-order valence-corrected chi connectivity index (χ1v) is 4.90. The summed E-state index contributed by atoms with van der Waals surface area (Å²) in [7, 11) is -11.8. The SMILES string of the molecule is [O-][Si]([O-])([O-])O[Si]([O-])([O-])[O-].[W+6]. The smallest absolute Gasteiger partial charge is 0.862 e. The third-order valence-corrected chi connectivity index (χ3v) is 2.25. The quantitative estimate of drug-likeness (QED) is 0.448. The normalized spacial score (nSPS) is 12.6. The molecule has 10 heteroatoms. The number of hydrogen-bond acceptors (Lipinski definition) is 7. The maximum absolute atomic E-state index is 9.36. The van der Waals surface area contributed by atoms with Crippen molar-refractivity contribution in [2.75, 3.05) is 0 Å². The van der Waals surface area contributed by atoms with Crippen LogP contribution in [0.1, 0.15) is 0 Å². The average molecular weight is 352 g/mol. The van der Waals surface area contributed by atoms with Crippen molar-refractivity contribution in [2.45, 2.75) is 0 Å². The first-order valence-electron chi connectivity index (χ1n) is 1.63. The van der Waals surface area contributed by atoms with Gasteiger partial charge in [-0.1, -0.05) is 0 Å². The third kappa shape index (κ3) is 11.6. The number of hydrogen-bond donors (Lipinski definition) is 0. The number of rotatable bonds is 2. The van der Waals surface area contributed by atoms with E-state index < -0.39 is 18.1 Å². The molecule has 0 aliphatic heterocycles. The van der Waals surface area contributed by atoms with Crippen molar-refractivity contribution < 1.29 is 54.0 Å². The Morgan fingerprint density at radius 2 is 0.900 bits per heavy atom. The molecule has 7 nitrogen and oxygen atoms in total. The molecular weight excluding hydrogens is 352 g/mol. The molecule has 0 aromatic heterocycles. The predicted molar refractivity (Wildman–Crippen MR) is 12.6 cm³/mol. The zero-order valence-electron chi connectivity index (χ0n) is 4.27. The van der Waals surface area contributed by atoms with E-state index in [0.717, 1.165) is 0 Å². The topological polar surface area (TPSA) is 148 Å². The van der Waals surface area contributed by atoms with Crippen molar-refractivity contribution in [1.82, 2.24) is 0 Å². The molecule has 0 N–H and O–H groups in total. The minimum Gasteiger partial charge on any atom is -0.862 e. The van der Waals surface area contributed by atoms with Crippen LogP contribution in [-0.4, -0.2) is 18.1 Å². The van der Waals surface area contributed by atoms with Gasteiger partial charge in [0.1, 0.15) is 0 Å². The largest absolute Gasteiger partial charge is 6.00 e. The van der Waals surface area contributed by atoms with Crippen LogP contribution >= 0.6 is 0 Å². The van der Waals surface area contributed by atoms with Crippen LogP contribution in [-0.2, 0) is 25.2 Å². The van der Waals surface area contributed by atoms with Gasteiger partial charge in [0.05, 0.1) is 0 Å². The molecule has 0 aliphatic carbocycles. The minimum absolute atomic E-state index is 0. The fourth-order valence-corrected chi connectivity index (χ4v) is 1.38. The van der Waals surface area contributed by atoms with Crippen molar-refractivity contribution in [3.8, 4) is 0 Å². The molecule has 0 spiro atoms. The Labute approximate surface area is 72.4 Å². The van der Waals surface area contributed by atoms with Crippen molar-refractivity contribution in [3.63, 3.8) is 0 Å². The van der Waals surface area contributed by atoms with E-state index in [4.69, 9.17) is 0 Å². The van der Waals surface area contributed by atoms with Gasteiger partial charge in [0, 0.05) is 0 Å². The van der Waals surface area contributed by atoms with E-state index in [9.17, 15) is 28.8 Å². The van der Waals surface area contributed by atoms with Crippen LogP contribution in [0.15, 0.2) is 0 Å². The molecule has 0 rings (SSSR count). The standard InChI is InChI=1S/O7Si2.W/c1-8(2,3)7-9(4,5)6;/q-6;+6. The molecule has 0 bridgehead atoms. The maximum Gasteiger partial charge on any atom is 6.00 e. The molecule has 0 unspecified atom stereocenters. The Balaban J connectivity index is 0. The molecule has 0 amide bonds. The van der Waals surface area contributed by atoms with Crippen molar-refractivity contribution in [2.24, 2.45) is 0 Å². The van der Waals surface area contributed by atoms with Crippen molar-refractivity contribution in [3.05, 3.63) is 0 Å². The monoisotopic (exact) mass is 352 g/mol. The molecule has 0 saturated carbocycles. The van der Waals surface area contributed by atoms with Gasteiger partial charge in [0.25, 0.3) is 0 Å². The molecule has 0 aromatic carbocycles. The van der Waals surface area contributed by atoms with Gasteiger partial charge >= 0.3 is 21.1 Å². The van der Waals surface area contributed by atoms with Gasteiger partial charge in [-0.3, -0.25) is 0 Å². The fourth-order valence-electron chi connectivity index (χ4n) is 0.153. The second-order valence-electron chi connectivity index (χ2n) is 1.10. The van der Waals surface area contributed by atoms with Gasteiger partial charge in [-0.25, -0.2) is 0 Å². The average Bonchev–Trinajstić information content (AvgIpc) is 1.14. The predicted octanol–water partition coefficient (Wildman–Crippen LogP) is -7.97. The van der Waals surface area contributed by atoms with Crippen LogP contribution in [0.3, 0.4) is 0 Å². The Bertz CT molecular complexity index is 76.8. The summed E-state index contributed by atoms with van der Waals surface area (Å²) < 4.78 is 2.57. The molecule has 0 atom stereocenters. The van der Waals surface area contributed by atoms with E-state index >= 15 is 0 Å². The Morgan fingerprint density at radius 1 is 0.700 bits per heavy atom. The van der Waals surface area contributed by atoms with Gasteiger partial charge in [-0.2, -0.15) is 0 Å². The van der Waals surface area contributed by atoms with E-state index in [-0.39, 0.29) is 21.1 Å². The molecule has 56 valence electrons. The molecule has 10 heavy (non-hydrogen) atoms. The third-order valence-electron chi connectivity index (χ3n) is 0.250. The van der Waals surface area contributed by atoms with Crippen molar-refractivity contribution in [1.29, 1.82) is 0 Å². The molecule has 0 aromatic rings. The molecule has 0 heterocycles. The first-order chi connectivity index (χ1) is 3.71. The minimum atomic E-state index is -5.92. The van der Waals surface area contributed by atoms with Crippen LogP contribution in [0.5, 0.6) is 0 Å². The fraction of sp³-hybridized carbons (Fsp3) is 0. The summed E-state index contributed by atoms with van der Waals surface area (Å²) in [6.07, 6.45) is 0. The second kappa shape index (κ2) is 4.02. The van der Waals surface area contributed by atoms with Crippen LogP contribution in [0.4, 0.5) is 0 Å². The summed E-state index contributed by atoms with van der Waals surface area (Å²) in [4.78, 5) is 56.2. The van der Waals surface area contributed by atoms with E-state index in [0.29, 0.717) is 0 Å². The van der Waals surface area contributed by atoms with E-state index in [1.165, 1.54) is 0 Å². The summed E-state index contributed by atoms with van der Waals surface area (Å²) in [6, 6.07) is 0. The summed E-state index contributed by atoms with van der Waals surface area (Å²) in [5.41, 5.74) is 0. The Morgan fingerprint density at radius 3 is 0.900 bits per heavy atom. The zero-order valence-corrected chi connectivity index (χ0v) is 9.20. The summed E-state index contributed by atoms with van der Waals surface area (Å²) in [6.45, 7) is 0. The van der Waals surface area contributed by atoms with Crippen LogP contribution in [0, 0.1) is 0 Å². The van der Waals surface area contributed by atoms with Gasteiger partial charge in [-0.05, 0) is 0 Å². The second-order valence-corrected chi connectivity index (χ2v) is 3.92. The van der Waals surface area contributed by atoms with Gasteiger partial charge in [-0.15, -0.1) is 18.1 Å². The van der Waals surface area contributed by atoms with E-state index in [2.05, 4.69) is 4.12 Å². The summed E-state index contributed by atoms with van der Waals surface area (Å²) in [5.74, 6) is 0. The molecule has 0 aliphatic rings. The Hall–Kier alpha value is 0.842. The maximum atomic E-state index is 9.36. The molecule has 0 radical (unpaired) electrons. The zero-order chi connectivity index (χ0) is 7.71. The van der Waals surface area contributed by atoms with Crippen LogP contribution in [0.25, 0.3) is 0 Å². The molecule has 0 fully saturated rings. The van der Waals surface area contributed by atoms with Crippen molar-refractivity contribution >= 4 is 18.1 Å². The first kappa shape index (κ1) is 13.4. The van der Waals surface area contributed by atoms with Gasteiger partial charge in [0.15, 0.2) is 0 Å². The van der Waals surface area contributed by atoms with E-state index in [1.807, 2.05) is 0 Å². The Kier molecular flexibility index (Phi) is 5.39. The van der Waals surface area contributed by atoms with Crippen LogP contribution < -0.4 is 28.8 Å². The van der Waals surface area contributed by atoms with Crippen LogP contribution in [0.2, 0.25) is 0 Å². The van der Waals surface area contributed by atoms with Gasteiger partial charge in [0.2, 0.25) is 0 Å². The van der Waals surface area contributed by atoms with E-state index in [1.54, 1.807) is 0 Å².